The number of ether oxygens (including phenoxy) is 2. The van der Waals surface area contributed by atoms with Crippen molar-refractivity contribution in [2.45, 2.75) is 142 Å². The molecule has 0 heterocycles. The van der Waals surface area contributed by atoms with E-state index >= 15 is 0 Å². The molecule has 0 rings (SSSR count). The first kappa shape index (κ1) is 42.1. The molecule has 45 heavy (non-hydrogen) atoms. The van der Waals surface area contributed by atoms with E-state index in [4.69, 9.17) is 9.47 Å². The van der Waals surface area contributed by atoms with E-state index in [-0.39, 0.29) is 25.6 Å². The molecule has 0 aliphatic rings. The van der Waals surface area contributed by atoms with Crippen LogP contribution in [-0.2, 0) is 19.1 Å². The second kappa shape index (κ2) is 35.6. The summed E-state index contributed by atoms with van der Waals surface area (Å²) in [7, 11) is 0. The van der Waals surface area contributed by atoms with Gasteiger partial charge in [-0.2, -0.15) is 0 Å². The van der Waals surface area contributed by atoms with Crippen molar-refractivity contribution in [2.75, 3.05) is 13.2 Å². The number of carbonyl (C=O) groups excluding carboxylic acids is 2. The summed E-state index contributed by atoms with van der Waals surface area (Å²) in [5, 5.41) is 9.50. The molecule has 1 atom stereocenters. The van der Waals surface area contributed by atoms with E-state index in [0.29, 0.717) is 12.8 Å². The Balaban J connectivity index is 3.78. The van der Waals surface area contributed by atoms with Crippen LogP contribution in [0.3, 0.4) is 0 Å². The fourth-order valence-electron chi connectivity index (χ4n) is 4.28. The topological polar surface area (TPSA) is 72.8 Å². The maximum Gasteiger partial charge on any atom is 0.306 e. The van der Waals surface area contributed by atoms with Gasteiger partial charge in [0.15, 0.2) is 6.10 Å². The molecular weight excluding hydrogens is 560 g/mol. The van der Waals surface area contributed by atoms with Crippen molar-refractivity contribution in [1.82, 2.24) is 0 Å². The van der Waals surface area contributed by atoms with Crippen molar-refractivity contribution >= 4 is 11.9 Å². The Hall–Kier alpha value is -2.92. The summed E-state index contributed by atoms with van der Waals surface area (Å²) in [5.41, 5.74) is 0. The summed E-state index contributed by atoms with van der Waals surface area (Å²) >= 11 is 0. The van der Waals surface area contributed by atoms with Gasteiger partial charge in [-0.1, -0.05) is 131 Å². The van der Waals surface area contributed by atoms with Gasteiger partial charge in [-0.05, 0) is 77.0 Å². The lowest BCUT2D eigenvalue weighted by Gasteiger charge is -2.15. The zero-order chi connectivity index (χ0) is 32.9. The maximum absolute atomic E-state index is 12.1. The molecule has 0 amide bonds. The lowest BCUT2D eigenvalue weighted by Crippen LogP contribution is -2.28. The molecule has 0 saturated carbocycles. The van der Waals surface area contributed by atoms with Crippen LogP contribution in [0.2, 0.25) is 0 Å². The zero-order valence-corrected chi connectivity index (χ0v) is 28.6. The summed E-state index contributed by atoms with van der Waals surface area (Å²) in [6, 6.07) is 0. The molecule has 0 bridgehead atoms. The van der Waals surface area contributed by atoms with E-state index in [2.05, 4.69) is 86.8 Å². The van der Waals surface area contributed by atoms with Gasteiger partial charge in [0.25, 0.3) is 0 Å². The largest absolute Gasteiger partial charge is 0.462 e. The fraction of sp³-hybridized carbons (Fsp3) is 0.600. The first-order valence-electron chi connectivity index (χ1n) is 17.6. The number of aliphatic hydroxyl groups excluding tert-OH is 1. The van der Waals surface area contributed by atoms with Crippen LogP contribution in [0.25, 0.3) is 0 Å². The maximum atomic E-state index is 12.1. The third kappa shape index (κ3) is 33.8. The van der Waals surface area contributed by atoms with E-state index in [1.807, 2.05) is 12.2 Å². The molecule has 0 aromatic heterocycles. The van der Waals surface area contributed by atoms with Crippen LogP contribution in [0.4, 0.5) is 0 Å². The van der Waals surface area contributed by atoms with Gasteiger partial charge in [-0.25, -0.2) is 0 Å². The number of allylic oxidation sites excluding steroid dienone is 14. The second-order valence-electron chi connectivity index (χ2n) is 11.2. The number of carbonyl (C=O) groups is 2. The Kier molecular flexibility index (Phi) is 33.3. The summed E-state index contributed by atoms with van der Waals surface area (Å²) in [6.45, 7) is 3.90. The van der Waals surface area contributed by atoms with Gasteiger partial charge >= 0.3 is 11.9 Å². The molecule has 0 fully saturated rings. The molecule has 0 aliphatic carbocycles. The smallest absolute Gasteiger partial charge is 0.306 e. The van der Waals surface area contributed by atoms with Crippen LogP contribution in [0, 0.1) is 0 Å². The molecule has 5 heteroatoms. The molecule has 0 saturated heterocycles. The average Bonchev–Trinajstić information content (AvgIpc) is 3.04. The van der Waals surface area contributed by atoms with Crippen LogP contribution in [-0.4, -0.2) is 36.4 Å². The zero-order valence-electron chi connectivity index (χ0n) is 28.6. The van der Waals surface area contributed by atoms with E-state index in [9.17, 15) is 14.7 Å². The number of hydrogen-bond acceptors (Lipinski definition) is 5. The Morgan fingerprint density at radius 1 is 0.533 bits per heavy atom. The SMILES string of the molecule is CC/C=C\C/C=C\C/C=C\C/C=C\C/C=C\C/C=C\CCC(=O)O[C@@H](CO)COC(=O)CCCCCCC/C=C\CCCCC. The van der Waals surface area contributed by atoms with Gasteiger partial charge in [-0.15, -0.1) is 0 Å². The third-order valence-corrected chi connectivity index (χ3v) is 6.94. The minimum Gasteiger partial charge on any atom is -0.462 e. The molecule has 5 nitrogen and oxygen atoms in total. The summed E-state index contributed by atoms with van der Waals surface area (Å²) in [6.07, 6.45) is 47.9. The molecular formula is C40H64O5. The van der Waals surface area contributed by atoms with Crippen LogP contribution in [0.5, 0.6) is 0 Å². The molecule has 0 aromatic rings. The Bertz CT molecular complexity index is 890. The highest BCUT2D eigenvalue weighted by Crippen LogP contribution is 2.10. The highest BCUT2D eigenvalue weighted by molar-refractivity contribution is 5.70. The minimum atomic E-state index is -0.818. The summed E-state index contributed by atoms with van der Waals surface area (Å²) < 4.78 is 10.5. The van der Waals surface area contributed by atoms with Crippen LogP contribution >= 0.6 is 0 Å². The van der Waals surface area contributed by atoms with Gasteiger partial charge in [0, 0.05) is 12.8 Å². The first-order valence-corrected chi connectivity index (χ1v) is 17.6. The lowest BCUT2D eigenvalue weighted by atomic mass is 10.1. The second-order valence-corrected chi connectivity index (χ2v) is 11.2. The highest BCUT2D eigenvalue weighted by atomic mass is 16.6. The van der Waals surface area contributed by atoms with Gasteiger partial charge in [-0.3, -0.25) is 9.59 Å². The fourth-order valence-corrected chi connectivity index (χ4v) is 4.28. The van der Waals surface area contributed by atoms with E-state index in [1.54, 1.807) is 0 Å². The monoisotopic (exact) mass is 624 g/mol. The van der Waals surface area contributed by atoms with Gasteiger partial charge in [0.2, 0.25) is 0 Å². The molecule has 1 N–H and O–H groups in total. The highest BCUT2D eigenvalue weighted by Gasteiger charge is 2.15. The lowest BCUT2D eigenvalue weighted by molar-refractivity contribution is -0.161. The van der Waals surface area contributed by atoms with Gasteiger partial charge in [0.05, 0.1) is 6.61 Å². The third-order valence-electron chi connectivity index (χ3n) is 6.94. The van der Waals surface area contributed by atoms with Gasteiger partial charge in [0.1, 0.15) is 6.61 Å². The van der Waals surface area contributed by atoms with E-state index in [1.165, 1.54) is 38.5 Å². The summed E-state index contributed by atoms with van der Waals surface area (Å²) in [4.78, 5) is 24.1. The molecule has 0 unspecified atom stereocenters. The standard InChI is InChI=1S/C40H64O5/c1-3-5-7-9-11-13-15-17-18-19-20-21-22-23-25-27-29-31-33-35-40(43)45-38(36-41)37-44-39(42)34-32-30-28-26-24-16-14-12-10-8-6-4-2/h5,7,11-14,17-18,20-21,23,25,29,31,38,41H,3-4,6,8-10,15-16,19,22,24,26-28,30,32-37H2,1-2H3/b7-5-,13-11-,14-12-,18-17-,21-20-,25-23-,31-29-/t38-/m0/s1. The predicted molar refractivity (Wildman–Crippen MR) is 191 cm³/mol. The van der Waals surface area contributed by atoms with Crippen LogP contribution in [0.15, 0.2) is 85.1 Å². The Labute approximate surface area is 275 Å². The van der Waals surface area contributed by atoms with E-state index in [0.717, 1.165) is 64.2 Å². The van der Waals surface area contributed by atoms with E-state index < -0.39 is 12.1 Å². The van der Waals surface area contributed by atoms with Crippen molar-refractivity contribution in [2.24, 2.45) is 0 Å². The minimum absolute atomic E-state index is 0.106. The number of unbranched alkanes of at least 4 members (excludes halogenated alkanes) is 8. The van der Waals surface area contributed by atoms with Crippen molar-refractivity contribution in [3.05, 3.63) is 85.1 Å². The van der Waals surface area contributed by atoms with Crippen molar-refractivity contribution in [3.8, 4) is 0 Å². The first-order chi connectivity index (χ1) is 22.1. The molecule has 0 aliphatic heterocycles. The van der Waals surface area contributed by atoms with Gasteiger partial charge < -0.3 is 14.6 Å². The average molecular weight is 625 g/mol. The normalized spacial score (nSPS) is 13.2. The Morgan fingerprint density at radius 2 is 1.00 bits per heavy atom. The molecule has 0 aromatic carbocycles. The number of rotatable bonds is 30. The molecule has 254 valence electrons. The van der Waals surface area contributed by atoms with Crippen molar-refractivity contribution in [3.63, 3.8) is 0 Å². The van der Waals surface area contributed by atoms with Crippen LogP contribution in [0.1, 0.15) is 136 Å². The number of esters is 2. The summed E-state index contributed by atoms with van der Waals surface area (Å²) in [5.74, 6) is -0.710. The molecule has 0 radical (unpaired) electrons. The number of hydrogen-bond donors (Lipinski definition) is 1. The Morgan fingerprint density at radius 3 is 1.53 bits per heavy atom. The van der Waals surface area contributed by atoms with Crippen molar-refractivity contribution < 1.29 is 24.2 Å². The quantitative estimate of drug-likeness (QED) is 0.0489. The molecule has 0 spiro atoms. The predicted octanol–water partition coefficient (Wildman–Crippen LogP) is 10.8. The number of aliphatic hydroxyl groups is 1. The van der Waals surface area contributed by atoms with Crippen LogP contribution < -0.4 is 0 Å². The van der Waals surface area contributed by atoms with Crippen molar-refractivity contribution in [1.29, 1.82) is 0 Å².